The summed E-state index contributed by atoms with van der Waals surface area (Å²) in [5.74, 6) is -3.68. The molecule has 0 spiro atoms. The number of alkyl halides is 6. The molecule has 107 valence electrons. The van der Waals surface area contributed by atoms with Gasteiger partial charge in [0.15, 0.2) is 0 Å². The molecule has 0 rings (SSSR count). The van der Waals surface area contributed by atoms with E-state index in [1.165, 1.54) is 0 Å². The van der Waals surface area contributed by atoms with Gasteiger partial charge in [-0.2, -0.15) is 26.3 Å². The van der Waals surface area contributed by atoms with Crippen LogP contribution in [0, 0.1) is 0 Å². The largest absolute Gasteiger partial charge is 0.459 e. The average Bonchev–Trinajstić information content (AvgIpc) is 1.99. The van der Waals surface area contributed by atoms with Crippen LogP contribution in [0.1, 0.15) is 0 Å². The summed E-state index contributed by atoms with van der Waals surface area (Å²) in [5, 5.41) is 0. The van der Waals surface area contributed by atoms with Crippen molar-refractivity contribution in [2.45, 2.75) is 32.0 Å². The number of hydrogen-bond acceptors (Lipinski definition) is 1. The number of carbonyl (C=O) groups excluding carboxylic acids is 1. The van der Waals surface area contributed by atoms with Crippen molar-refractivity contribution in [2.24, 2.45) is 0 Å². The minimum atomic E-state index is -5.82. The summed E-state index contributed by atoms with van der Waals surface area (Å²) in [4.78, 5) is 9.24. The van der Waals surface area contributed by atoms with E-state index in [0.29, 0.717) is 0 Å². The third kappa shape index (κ3) is 13.7. The van der Waals surface area contributed by atoms with Crippen molar-refractivity contribution in [2.75, 3.05) is 0 Å². The van der Waals surface area contributed by atoms with Crippen molar-refractivity contribution in [1.29, 1.82) is 0 Å². The van der Waals surface area contributed by atoms with Crippen molar-refractivity contribution >= 4 is 13.9 Å². The van der Waals surface area contributed by atoms with Crippen molar-refractivity contribution in [1.82, 2.24) is 0 Å². The predicted molar refractivity (Wildman–Crippen MR) is 50.7 cm³/mol. The van der Waals surface area contributed by atoms with Crippen LogP contribution >= 0.6 is 0 Å². The molecule has 1 radical (unpaired) electrons. The molecule has 0 aromatic rings. The summed E-state index contributed by atoms with van der Waals surface area (Å²) in [6.45, 7) is 10.5. The Kier molecular flexibility index (Phi) is 9.33. The minimum Gasteiger partial charge on any atom is -0.279 e. The summed E-state index contributed by atoms with van der Waals surface area (Å²) in [6.07, 6.45) is -11.6. The van der Waals surface area contributed by atoms with Gasteiger partial charge in [-0.1, -0.05) is 19.6 Å². The van der Waals surface area contributed by atoms with Gasteiger partial charge in [-0.15, -0.1) is 12.3 Å². The second-order valence-corrected chi connectivity index (χ2v) is 9.04. The third-order valence-electron chi connectivity index (χ3n) is 1.13. The van der Waals surface area contributed by atoms with E-state index in [4.69, 9.17) is 0 Å². The molecule has 0 saturated heterocycles. The van der Waals surface area contributed by atoms with E-state index in [1.807, 2.05) is 0 Å². The molecule has 0 amide bonds. The van der Waals surface area contributed by atoms with Gasteiger partial charge in [0, 0.05) is 17.1 Å². The molecule has 17 heavy (non-hydrogen) atoms. The van der Waals surface area contributed by atoms with Gasteiger partial charge < -0.3 is 0 Å². The number of rotatable bonds is 1. The maximum absolute atomic E-state index is 10.9. The molecule has 0 aromatic carbocycles. The minimum absolute atomic E-state index is 0. The van der Waals surface area contributed by atoms with Crippen LogP contribution in [-0.4, -0.2) is 26.2 Å². The van der Waals surface area contributed by atoms with Gasteiger partial charge in [0.25, 0.3) is 0 Å². The van der Waals surface area contributed by atoms with Crippen molar-refractivity contribution in [3.8, 4) is 0 Å². The zero-order valence-corrected chi connectivity index (χ0v) is 11.2. The van der Waals surface area contributed by atoms with Gasteiger partial charge in [0.2, 0.25) is 0 Å². The van der Waals surface area contributed by atoms with Crippen molar-refractivity contribution in [3.63, 3.8) is 0 Å². The first-order valence-electron chi connectivity index (χ1n) is 4.03. The van der Waals surface area contributed by atoms with Gasteiger partial charge in [0.05, 0.1) is 8.07 Å². The maximum atomic E-state index is 10.9. The normalized spacial score (nSPS) is 11.8. The molecule has 0 aliphatic carbocycles. The molecular weight excluding hydrogens is 318 g/mol. The number of carbonyl (C=O) groups is 1. The molecule has 0 heterocycles. The number of hydrogen-bond donors (Lipinski definition) is 0. The Balaban J connectivity index is -0.000000244. The van der Waals surface area contributed by atoms with E-state index < -0.39 is 26.2 Å². The van der Waals surface area contributed by atoms with E-state index in [1.54, 1.807) is 0 Å². The van der Waals surface area contributed by atoms with Gasteiger partial charge in [0.1, 0.15) is 0 Å². The first kappa shape index (κ1) is 22.0. The molecular formula is C8H12CuF6OSi. The molecule has 9 heteroatoms. The molecule has 0 aliphatic rings. The van der Waals surface area contributed by atoms with Gasteiger partial charge in [-0.3, -0.25) is 4.79 Å². The first-order valence-corrected chi connectivity index (χ1v) is 7.61. The predicted octanol–water partition coefficient (Wildman–Crippen LogP) is 3.73. The second-order valence-electron chi connectivity index (χ2n) is 3.89. The fourth-order valence-electron chi connectivity index (χ4n) is 0.161. The van der Waals surface area contributed by atoms with Crippen molar-refractivity contribution < 1.29 is 48.2 Å². The Morgan fingerprint density at radius 2 is 1.18 bits per heavy atom. The van der Waals surface area contributed by atoms with Gasteiger partial charge in [-0.25, -0.2) is 0 Å². The Labute approximate surface area is 107 Å². The SMILES string of the molecule is C=C[Si](C)(C)C.O=C(C(F)(F)F)C(F)(F)F.[Cu]. The van der Waals surface area contributed by atoms with Crippen LogP contribution in [0.3, 0.4) is 0 Å². The third-order valence-corrected chi connectivity index (χ3v) is 2.35. The molecule has 0 unspecified atom stereocenters. The molecule has 0 aromatic heterocycles. The molecule has 0 N–H and O–H groups in total. The number of ketones is 1. The van der Waals surface area contributed by atoms with Crippen LogP contribution in [0.2, 0.25) is 19.6 Å². The summed E-state index contributed by atoms with van der Waals surface area (Å²) in [5.41, 5.74) is 2.08. The fraction of sp³-hybridized carbons (Fsp3) is 0.625. The Hall–Kier alpha value is -0.274. The Bertz CT molecular complexity index is 236. The molecule has 1 nitrogen and oxygen atoms in total. The van der Waals surface area contributed by atoms with Crippen LogP contribution in [0.4, 0.5) is 26.3 Å². The van der Waals surface area contributed by atoms with Gasteiger partial charge >= 0.3 is 18.1 Å². The smallest absolute Gasteiger partial charge is 0.279 e. The summed E-state index contributed by atoms with van der Waals surface area (Å²) in [6, 6.07) is 0. The summed E-state index contributed by atoms with van der Waals surface area (Å²) >= 11 is 0. The van der Waals surface area contributed by atoms with Crippen LogP contribution in [0.15, 0.2) is 12.3 Å². The maximum Gasteiger partial charge on any atom is 0.459 e. The molecule has 0 saturated carbocycles. The fourth-order valence-corrected chi connectivity index (χ4v) is 0.161. The van der Waals surface area contributed by atoms with Crippen LogP contribution in [-0.2, 0) is 21.9 Å². The average molecular weight is 330 g/mol. The van der Waals surface area contributed by atoms with E-state index in [9.17, 15) is 31.1 Å². The van der Waals surface area contributed by atoms with Crippen LogP contribution in [0.25, 0.3) is 0 Å². The summed E-state index contributed by atoms with van der Waals surface area (Å²) in [7, 11) is -0.867. The van der Waals surface area contributed by atoms with E-state index in [-0.39, 0.29) is 17.1 Å². The van der Waals surface area contributed by atoms with Crippen LogP contribution < -0.4 is 0 Å². The zero-order valence-electron chi connectivity index (χ0n) is 9.26. The second kappa shape index (κ2) is 7.23. The van der Waals surface area contributed by atoms with Gasteiger partial charge in [-0.05, 0) is 0 Å². The topological polar surface area (TPSA) is 17.1 Å². The monoisotopic (exact) mass is 329 g/mol. The number of Topliss-reactive ketones (excluding diaryl/α,β-unsaturated/α-hetero) is 1. The first-order chi connectivity index (χ1) is 6.72. The quantitative estimate of drug-likeness (QED) is 0.529. The van der Waals surface area contributed by atoms with E-state index >= 15 is 0 Å². The van der Waals surface area contributed by atoms with Crippen molar-refractivity contribution in [3.05, 3.63) is 12.3 Å². The van der Waals surface area contributed by atoms with E-state index in [2.05, 4.69) is 31.9 Å². The number of halogens is 6. The Morgan fingerprint density at radius 3 is 1.18 bits per heavy atom. The molecule has 0 atom stereocenters. The summed E-state index contributed by atoms with van der Waals surface area (Å²) < 4.78 is 65.3. The molecule has 0 aliphatic heterocycles. The molecule has 0 bridgehead atoms. The van der Waals surface area contributed by atoms with E-state index in [0.717, 1.165) is 0 Å². The van der Waals surface area contributed by atoms with Crippen LogP contribution in [0.5, 0.6) is 0 Å². The Morgan fingerprint density at radius 1 is 1.00 bits per heavy atom. The zero-order chi connectivity index (χ0) is 13.8. The molecule has 0 fully saturated rings. The standard InChI is InChI=1S/C5H12Si.C3F6O.Cu/c1-5-6(2,3)4;4-2(5,6)1(10)3(7,8)9;/h5H,1H2,2-4H3;;.